The van der Waals surface area contributed by atoms with Gasteiger partial charge >= 0.3 is 29.0 Å². The van der Waals surface area contributed by atoms with Gasteiger partial charge in [0.2, 0.25) is 0 Å². The Hall–Kier alpha value is 0.236. The second-order valence-corrected chi connectivity index (χ2v) is 4.24. The fraction of sp³-hybridized carbons (Fsp3) is 0.889. The summed E-state index contributed by atoms with van der Waals surface area (Å²) in [6, 6.07) is 0. The molecule has 12 heavy (non-hydrogen) atoms. The minimum atomic E-state index is -0.701. The normalized spacial score (nSPS) is 16.1. The number of rotatable bonds is 2. The number of aliphatic carboxylic acids is 1. The quantitative estimate of drug-likeness (QED) is 0.669. The maximum absolute atomic E-state index is 10.9. The van der Waals surface area contributed by atoms with Gasteiger partial charge in [0, 0.05) is 0 Å². The van der Waals surface area contributed by atoms with E-state index in [-0.39, 0.29) is 31.3 Å². The van der Waals surface area contributed by atoms with Gasteiger partial charge in [0.05, 0.1) is 5.41 Å². The molecule has 0 bridgehead atoms. The average Bonchev–Trinajstić information content (AvgIpc) is 1.83. The van der Waals surface area contributed by atoms with Crippen LogP contribution in [0.5, 0.6) is 0 Å². The van der Waals surface area contributed by atoms with E-state index in [0.717, 1.165) is 0 Å². The molecule has 0 aliphatic carbocycles. The third-order valence-electron chi connectivity index (χ3n) is 2.83. The molecule has 0 amide bonds. The largest absolute Gasteiger partial charge is 2.00 e. The van der Waals surface area contributed by atoms with Gasteiger partial charge in [-0.25, -0.2) is 0 Å². The maximum Gasteiger partial charge on any atom is 2.00 e. The van der Waals surface area contributed by atoms with Crippen LogP contribution in [-0.2, 0) is 4.79 Å². The first-order chi connectivity index (χ1) is 4.75. The number of carboxylic acids is 1. The molecule has 0 spiro atoms. The zero-order valence-corrected chi connectivity index (χ0v) is 10.2. The molecule has 0 fully saturated rings. The van der Waals surface area contributed by atoms with Crippen molar-refractivity contribution < 1.29 is 12.8 Å². The smallest absolute Gasteiger partial charge is 1.00 e. The van der Waals surface area contributed by atoms with Gasteiger partial charge in [-0.15, -0.1) is 0 Å². The van der Waals surface area contributed by atoms with E-state index in [0.29, 0.717) is 6.42 Å². The molecule has 0 saturated carbocycles. The van der Waals surface area contributed by atoms with Crippen LogP contribution in [0.15, 0.2) is 0 Å². The fourth-order valence-electron chi connectivity index (χ4n) is 1.00. The van der Waals surface area contributed by atoms with Crippen LogP contribution in [0.25, 0.3) is 0 Å². The Bertz CT molecular complexity index is 169. The molecule has 0 aliphatic rings. The Morgan fingerprint density at radius 2 is 1.67 bits per heavy atom. The van der Waals surface area contributed by atoms with E-state index in [1.54, 1.807) is 6.92 Å². The molecule has 3 heteroatoms. The molecule has 70 valence electrons. The molecule has 1 atom stereocenters. The Morgan fingerprint density at radius 3 is 1.67 bits per heavy atom. The van der Waals surface area contributed by atoms with Crippen molar-refractivity contribution in [3.8, 4) is 0 Å². The van der Waals surface area contributed by atoms with Gasteiger partial charge in [0.25, 0.3) is 0 Å². The summed E-state index contributed by atoms with van der Waals surface area (Å²) >= 11 is 0. The van der Waals surface area contributed by atoms with E-state index >= 15 is 0 Å². The van der Waals surface area contributed by atoms with Crippen molar-refractivity contribution in [2.45, 2.75) is 41.0 Å². The van der Waals surface area contributed by atoms with Gasteiger partial charge in [0.1, 0.15) is 0 Å². The van der Waals surface area contributed by atoms with Crippen LogP contribution >= 0.6 is 0 Å². The van der Waals surface area contributed by atoms with Crippen molar-refractivity contribution >= 4 is 29.0 Å². The van der Waals surface area contributed by atoms with Crippen molar-refractivity contribution in [2.75, 3.05) is 0 Å². The third kappa shape index (κ3) is 2.63. The zero-order chi connectivity index (χ0) is 9.28. The summed E-state index contributed by atoms with van der Waals surface area (Å²) in [5.74, 6) is -0.701. The van der Waals surface area contributed by atoms with Crippen molar-refractivity contribution in [3.05, 3.63) is 0 Å². The van der Waals surface area contributed by atoms with Crippen molar-refractivity contribution in [2.24, 2.45) is 10.8 Å². The molecule has 1 unspecified atom stereocenters. The third-order valence-corrected chi connectivity index (χ3v) is 2.83. The SMILES string of the molecule is CCC(C)(C(=O)O)C(C)(C)C.[H-].[H-].[Mg+2]. The van der Waals surface area contributed by atoms with Gasteiger partial charge in [-0.05, 0) is 18.8 Å². The standard InChI is InChI=1S/C9H18O2.Mg.2H/c1-6-9(5,7(10)11)8(2,3)4;;;/h6H2,1-5H3,(H,10,11);;;/q;+2;2*-1. The Labute approximate surface area is 93.9 Å². The first kappa shape index (κ1) is 14.7. The fourth-order valence-corrected chi connectivity index (χ4v) is 1.00. The Kier molecular flexibility index (Phi) is 5.49. The van der Waals surface area contributed by atoms with Crippen LogP contribution in [0, 0.1) is 10.8 Å². The van der Waals surface area contributed by atoms with Crippen LogP contribution in [0.4, 0.5) is 0 Å². The average molecular weight is 185 g/mol. The van der Waals surface area contributed by atoms with Crippen LogP contribution < -0.4 is 0 Å². The summed E-state index contributed by atoms with van der Waals surface area (Å²) in [5, 5.41) is 8.97. The summed E-state index contributed by atoms with van der Waals surface area (Å²) in [5.41, 5.74) is -0.777. The molecule has 0 aromatic carbocycles. The summed E-state index contributed by atoms with van der Waals surface area (Å²) < 4.78 is 0. The van der Waals surface area contributed by atoms with Gasteiger partial charge < -0.3 is 7.96 Å². The van der Waals surface area contributed by atoms with Crippen molar-refractivity contribution in [1.82, 2.24) is 0 Å². The summed E-state index contributed by atoms with van der Waals surface area (Å²) in [6.45, 7) is 9.61. The number of carbonyl (C=O) groups is 1. The molecule has 0 radical (unpaired) electrons. The molecule has 0 aliphatic heterocycles. The van der Waals surface area contributed by atoms with Gasteiger partial charge in [0.15, 0.2) is 0 Å². The number of carboxylic acid groups (broad SMARTS) is 1. The van der Waals surface area contributed by atoms with E-state index in [9.17, 15) is 4.79 Å². The van der Waals surface area contributed by atoms with Crippen LogP contribution in [0.3, 0.4) is 0 Å². The molecule has 2 nitrogen and oxygen atoms in total. The van der Waals surface area contributed by atoms with Crippen molar-refractivity contribution in [3.63, 3.8) is 0 Å². The predicted molar refractivity (Wildman–Crippen MR) is 53.5 cm³/mol. The van der Waals surface area contributed by atoms with Gasteiger partial charge in [-0.2, -0.15) is 0 Å². The first-order valence-corrected chi connectivity index (χ1v) is 3.99. The summed E-state index contributed by atoms with van der Waals surface area (Å²) in [6.07, 6.45) is 0.672. The summed E-state index contributed by atoms with van der Waals surface area (Å²) in [7, 11) is 0. The van der Waals surface area contributed by atoms with Crippen LogP contribution in [0.1, 0.15) is 43.9 Å². The molecule has 0 heterocycles. The number of hydrogen-bond acceptors (Lipinski definition) is 1. The molecule has 1 N–H and O–H groups in total. The molecular formula is C9H20MgO2. The minimum absolute atomic E-state index is 0. The van der Waals surface area contributed by atoms with E-state index in [1.807, 2.05) is 27.7 Å². The maximum atomic E-state index is 10.9. The van der Waals surface area contributed by atoms with Crippen molar-refractivity contribution in [1.29, 1.82) is 0 Å². The van der Waals surface area contributed by atoms with Crippen LogP contribution in [0.2, 0.25) is 0 Å². The second-order valence-electron chi connectivity index (χ2n) is 4.24. The van der Waals surface area contributed by atoms with E-state index in [1.165, 1.54) is 0 Å². The zero-order valence-electron chi connectivity index (χ0n) is 10.8. The molecule has 0 saturated heterocycles. The Balaban J connectivity index is -0.000000167. The second kappa shape index (κ2) is 4.47. The van der Waals surface area contributed by atoms with Gasteiger partial charge in [-0.1, -0.05) is 27.7 Å². The van der Waals surface area contributed by atoms with E-state index < -0.39 is 11.4 Å². The van der Waals surface area contributed by atoms with E-state index in [4.69, 9.17) is 5.11 Å². The predicted octanol–water partition coefficient (Wildman–Crippen LogP) is 2.38. The topological polar surface area (TPSA) is 37.3 Å². The number of hydrogen-bond donors (Lipinski definition) is 1. The van der Waals surface area contributed by atoms with Crippen LogP contribution in [-0.4, -0.2) is 34.1 Å². The van der Waals surface area contributed by atoms with E-state index in [2.05, 4.69) is 0 Å². The van der Waals surface area contributed by atoms with Gasteiger partial charge in [-0.3, -0.25) is 4.79 Å². The molecule has 0 aromatic rings. The first-order valence-electron chi connectivity index (χ1n) is 3.99. The molecule has 0 aromatic heterocycles. The molecule has 0 rings (SSSR count). The minimum Gasteiger partial charge on any atom is -1.00 e. The monoisotopic (exact) mass is 184 g/mol. The Morgan fingerprint density at radius 1 is 1.33 bits per heavy atom. The molecular weight excluding hydrogens is 164 g/mol. The summed E-state index contributed by atoms with van der Waals surface area (Å²) in [4.78, 5) is 10.9.